The SMILES string of the molecule is C[C@H](N)c1cc2cccc(Cl)c2c(=O)n1CCN(C(=O)OC(C)(C)C)S(C)(=O)=O. The van der Waals surface area contributed by atoms with Gasteiger partial charge < -0.3 is 15.0 Å². The molecule has 1 heterocycles. The molecule has 0 bridgehead atoms. The van der Waals surface area contributed by atoms with Crippen LogP contribution in [0.3, 0.4) is 0 Å². The molecule has 1 aromatic heterocycles. The number of aromatic nitrogens is 1. The van der Waals surface area contributed by atoms with Gasteiger partial charge in [0.2, 0.25) is 10.0 Å². The summed E-state index contributed by atoms with van der Waals surface area (Å²) in [4.78, 5) is 25.5. The van der Waals surface area contributed by atoms with Crippen molar-refractivity contribution in [2.24, 2.45) is 5.73 Å². The molecule has 0 fully saturated rings. The average Bonchev–Trinajstić information content (AvgIpc) is 2.53. The van der Waals surface area contributed by atoms with Crippen molar-refractivity contribution in [3.8, 4) is 0 Å². The number of ether oxygens (including phenoxy) is 1. The van der Waals surface area contributed by atoms with Crippen LogP contribution < -0.4 is 11.3 Å². The lowest BCUT2D eigenvalue weighted by Crippen LogP contribution is -2.43. The minimum Gasteiger partial charge on any atom is -0.443 e. The number of fused-ring (bicyclic) bond motifs is 1. The van der Waals surface area contributed by atoms with Crippen molar-refractivity contribution in [2.45, 2.75) is 45.9 Å². The predicted molar refractivity (Wildman–Crippen MR) is 114 cm³/mol. The lowest BCUT2D eigenvalue weighted by Gasteiger charge is -2.26. The number of pyridine rings is 1. The molecule has 160 valence electrons. The van der Waals surface area contributed by atoms with Gasteiger partial charge in [-0.25, -0.2) is 17.5 Å². The van der Waals surface area contributed by atoms with Gasteiger partial charge in [0.15, 0.2) is 0 Å². The van der Waals surface area contributed by atoms with Crippen LogP contribution >= 0.6 is 11.6 Å². The first kappa shape index (κ1) is 23.2. The summed E-state index contributed by atoms with van der Waals surface area (Å²) in [5.41, 5.74) is 5.26. The van der Waals surface area contributed by atoms with Gasteiger partial charge in [0, 0.05) is 18.3 Å². The van der Waals surface area contributed by atoms with Crippen LogP contribution in [0.4, 0.5) is 4.79 Å². The Labute approximate surface area is 175 Å². The number of carbonyl (C=O) groups excluding carboxylic acids is 1. The Morgan fingerprint density at radius 2 is 1.97 bits per heavy atom. The molecule has 29 heavy (non-hydrogen) atoms. The smallest absolute Gasteiger partial charge is 0.424 e. The molecule has 0 radical (unpaired) electrons. The molecule has 1 amide bonds. The first-order valence-electron chi connectivity index (χ1n) is 9.00. The number of benzene rings is 1. The summed E-state index contributed by atoms with van der Waals surface area (Å²) >= 11 is 6.20. The fourth-order valence-electron chi connectivity index (χ4n) is 2.88. The number of hydrogen-bond donors (Lipinski definition) is 1. The molecular weight excluding hydrogens is 418 g/mol. The Balaban J connectivity index is 2.50. The van der Waals surface area contributed by atoms with Crippen LogP contribution in [-0.4, -0.2) is 41.8 Å². The lowest BCUT2D eigenvalue weighted by molar-refractivity contribution is 0.0388. The first-order valence-corrected chi connectivity index (χ1v) is 11.2. The zero-order chi connectivity index (χ0) is 22.1. The van der Waals surface area contributed by atoms with Gasteiger partial charge in [-0.2, -0.15) is 0 Å². The molecule has 0 unspecified atom stereocenters. The summed E-state index contributed by atoms with van der Waals surface area (Å²) in [7, 11) is -3.92. The van der Waals surface area contributed by atoms with Crippen LogP contribution in [0.1, 0.15) is 39.4 Å². The molecule has 0 saturated carbocycles. The minimum atomic E-state index is -3.92. The largest absolute Gasteiger partial charge is 0.443 e. The van der Waals surface area contributed by atoms with Crippen LogP contribution in [0.25, 0.3) is 10.8 Å². The summed E-state index contributed by atoms with van der Waals surface area (Å²) in [6, 6.07) is 6.32. The molecule has 0 aliphatic carbocycles. The number of rotatable bonds is 5. The Morgan fingerprint density at radius 1 is 1.34 bits per heavy atom. The molecule has 0 aliphatic rings. The van der Waals surface area contributed by atoms with E-state index in [1.54, 1.807) is 52.0 Å². The monoisotopic (exact) mass is 443 g/mol. The normalized spacial score (nSPS) is 13.3. The number of carbonyl (C=O) groups is 1. The quantitative estimate of drug-likeness (QED) is 0.760. The summed E-state index contributed by atoms with van der Waals surface area (Å²) in [6.07, 6.45) is -0.0992. The molecule has 1 atom stereocenters. The fraction of sp³-hybridized carbons (Fsp3) is 0.474. The second kappa shape index (κ2) is 8.33. The van der Waals surface area contributed by atoms with Gasteiger partial charge in [-0.3, -0.25) is 4.79 Å². The third-order valence-electron chi connectivity index (χ3n) is 4.11. The maximum absolute atomic E-state index is 13.1. The summed E-state index contributed by atoms with van der Waals surface area (Å²) in [6.45, 7) is 6.23. The Kier molecular flexibility index (Phi) is 6.66. The highest BCUT2D eigenvalue weighted by Crippen LogP contribution is 2.23. The van der Waals surface area contributed by atoms with Gasteiger partial charge in [0.25, 0.3) is 5.56 Å². The van der Waals surface area contributed by atoms with E-state index in [1.165, 1.54) is 4.57 Å². The number of hydrogen-bond acceptors (Lipinski definition) is 6. The first-order chi connectivity index (χ1) is 13.2. The van der Waals surface area contributed by atoms with E-state index in [-0.39, 0.29) is 18.1 Å². The molecule has 1 aromatic carbocycles. The van der Waals surface area contributed by atoms with Crippen LogP contribution in [0, 0.1) is 0 Å². The molecule has 10 heteroatoms. The number of halogens is 1. The van der Waals surface area contributed by atoms with E-state index in [2.05, 4.69) is 0 Å². The van der Waals surface area contributed by atoms with Crippen LogP contribution in [0.15, 0.2) is 29.1 Å². The fourth-order valence-corrected chi connectivity index (χ4v) is 3.86. The van der Waals surface area contributed by atoms with Gasteiger partial charge in [-0.05, 0) is 45.2 Å². The highest BCUT2D eigenvalue weighted by molar-refractivity contribution is 7.88. The number of nitrogens with zero attached hydrogens (tertiary/aromatic N) is 2. The second-order valence-corrected chi connectivity index (χ2v) is 10.1. The Hall–Kier alpha value is -2.10. The molecular formula is C19H26ClN3O5S. The van der Waals surface area contributed by atoms with E-state index < -0.39 is 33.3 Å². The maximum atomic E-state index is 13.1. The van der Waals surface area contributed by atoms with Gasteiger partial charge in [-0.15, -0.1) is 0 Å². The second-order valence-electron chi connectivity index (χ2n) is 7.83. The van der Waals surface area contributed by atoms with Crippen LogP contribution in [0.2, 0.25) is 5.02 Å². The van der Waals surface area contributed by atoms with E-state index in [9.17, 15) is 18.0 Å². The standard InChI is InChI=1S/C19H26ClN3O5S/c1-12(21)15-11-13-7-6-8-14(20)16(13)17(24)22(15)9-10-23(29(5,26)27)18(25)28-19(2,3)4/h6-8,11-12H,9-10,21H2,1-5H3/t12-/m0/s1. The van der Waals surface area contributed by atoms with Gasteiger partial charge in [-0.1, -0.05) is 23.7 Å². The topological polar surface area (TPSA) is 112 Å². The third-order valence-corrected chi connectivity index (χ3v) is 5.56. The summed E-state index contributed by atoms with van der Waals surface area (Å²) in [5, 5.41) is 1.23. The van der Waals surface area contributed by atoms with E-state index in [1.807, 2.05) is 0 Å². The van der Waals surface area contributed by atoms with E-state index in [0.29, 0.717) is 20.8 Å². The molecule has 0 aliphatic heterocycles. The predicted octanol–water partition coefficient (Wildman–Crippen LogP) is 2.87. The molecule has 8 nitrogen and oxygen atoms in total. The zero-order valence-electron chi connectivity index (χ0n) is 17.1. The van der Waals surface area contributed by atoms with E-state index >= 15 is 0 Å². The number of nitrogens with two attached hydrogens (primary N) is 1. The zero-order valence-corrected chi connectivity index (χ0v) is 18.7. The van der Waals surface area contributed by atoms with Gasteiger partial charge in [0.1, 0.15) is 5.60 Å². The van der Waals surface area contributed by atoms with Crippen molar-refractivity contribution >= 4 is 38.5 Å². The summed E-state index contributed by atoms with van der Waals surface area (Å²) < 4.78 is 31.4. The van der Waals surface area contributed by atoms with Crippen molar-refractivity contribution in [2.75, 3.05) is 12.8 Å². The van der Waals surface area contributed by atoms with E-state index in [0.717, 1.165) is 6.26 Å². The maximum Gasteiger partial charge on any atom is 0.424 e. The lowest BCUT2D eigenvalue weighted by atomic mass is 10.1. The minimum absolute atomic E-state index is 0.0941. The summed E-state index contributed by atoms with van der Waals surface area (Å²) in [5.74, 6) is 0. The average molecular weight is 444 g/mol. The van der Waals surface area contributed by atoms with E-state index in [4.69, 9.17) is 22.1 Å². The van der Waals surface area contributed by atoms with Crippen molar-refractivity contribution in [3.63, 3.8) is 0 Å². The van der Waals surface area contributed by atoms with Crippen molar-refractivity contribution in [3.05, 3.63) is 45.3 Å². The van der Waals surface area contributed by atoms with Crippen molar-refractivity contribution in [1.29, 1.82) is 0 Å². The molecule has 2 N–H and O–H groups in total. The van der Waals surface area contributed by atoms with Gasteiger partial charge in [0.05, 0.1) is 23.2 Å². The van der Waals surface area contributed by atoms with Crippen molar-refractivity contribution < 1.29 is 17.9 Å². The third kappa shape index (κ3) is 5.49. The number of sulfonamides is 1. The molecule has 2 aromatic rings. The molecule has 2 rings (SSSR count). The molecule has 0 saturated heterocycles. The van der Waals surface area contributed by atoms with Crippen molar-refractivity contribution in [1.82, 2.24) is 8.87 Å². The highest BCUT2D eigenvalue weighted by Gasteiger charge is 2.29. The highest BCUT2D eigenvalue weighted by atomic mass is 35.5. The number of amides is 1. The Morgan fingerprint density at radius 3 is 2.48 bits per heavy atom. The van der Waals surface area contributed by atoms with Crippen LogP contribution in [0.5, 0.6) is 0 Å². The van der Waals surface area contributed by atoms with Crippen LogP contribution in [-0.2, 0) is 21.3 Å². The molecule has 0 spiro atoms. The van der Waals surface area contributed by atoms with Gasteiger partial charge >= 0.3 is 6.09 Å². The Bertz CT molecular complexity index is 1090.